The van der Waals surface area contributed by atoms with Gasteiger partial charge in [0.15, 0.2) is 0 Å². The number of aromatic nitrogens is 3. The monoisotopic (exact) mass is 364 g/mol. The molecule has 0 aliphatic carbocycles. The third kappa shape index (κ3) is 4.78. The number of rotatable bonds is 5. The summed E-state index contributed by atoms with van der Waals surface area (Å²) in [5.41, 5.74) is 2.93. The zero-order valence-corrected chi connectivity index (χ0v) is 16.1. The van der Waals surface area contributed by atoms with E-state index in [1.165, 1.54) is 5.56 Å². The average molecular weight is 364 g/mol. The molecule has 0 saturated heterocycles. The second-order valence-corrected chi connectivity index (χ2v) is 7.58. The van der Waals surface area contributed by atoms with Crippen LogP contribution in [0, 0.1) is 0 Å². The second kappa shape index (κ2) is 7.70. The van der Waals surface area contributed by atoms with Gasteiger partial charge in [-0.1, -0.05) is 56.3 Å². The molecule has 2 aromatic heterocycles. The van der Waals surface area contributed by atoms with Crippen LogP contribution in [0.4, 0.5) is 0 Å². The van der Waals surface area contributed by atoms with Crippen molar-refractivity contribution in [2.24, 2.45) is 0 Å². The molecule has 6 heteroatoms. The first-order valence-corrected chi connectivity index (χ1v) is 8.97. The minimum absolute atomic E-state index is 0.0939. The van der Waals surface area contributed by atoms with Crippen molar-refractivity contribution >= 4 is 5.91 Å². The van der Waals surface area contributed by atoms with Gasteiger partial charge in [0.2, 0.25) is 17.6 Å². The maximum absolute atomic E-state index is 12.3. The summed E-state index contributed by atoms with van der Waals surface area (Å²) in [5, 5.41) is 6.83. The van der Waals surface area contributed by atoms with E-state index in [2.05, 4.69) is 53.3 Å². The first-order valence-electron chi connectivity index (χ1n) is 8.97. The molecule has 0 radical (unpaired) electrons. The number of hydrogen-bond acceptors (Lipinski definition) is 5. The number of amides is 1. The van der Waals surface area contributed by atoms with E-state index < -0.39 is 0 Å². The van der Waals surface area contributed by atoms with Crippen LogP contribution in [0.5, 0.6) is 0 Å². The predicted molar refractivity (Wildman–Crippen MR) is 103 cm³/mol. The summed E-state index contributed by atoms with van der Waals surface area (Å²) in [6.45, 7) is 8.32. The highest BCUT2D eigenvalue weighted by Crippen LogP contribution is 2.22. The van der Waals surface area contributed by atoms with E-state index in [0.29, 0.717) is 23.8 Å². The molecule has 0 aliphatic heterocycles. The van der Waals surface area contributed by atoms with E-state index in [4.69, 9.17) is 4.52 Å². The van der Waals surface area contributed by atoms with Crippen molar-refractivity contribution in [1.82, 2.24) is 20.4 Å². The van der Waals surface area contributed by atoms with Crippen LogP contribution < -0.4 is 5.32 Å². The van der Waals surface area contributed by atoms with Crippen LogP contribution in [0.1, 0.15) is 50.8 Å². The van der Waals surface area contributed by atoms with Crippen LogP contribution in [-0.4, -0.2) is 21.0 Å². The third-order valence-electron chi connectivity index (χ3n) is 4.27. The van der Waals surface area contributed by atoms with E-state index in [0.717, 1.165) is 5.56 Å². The molecule has 1 amide bonds. The third-order valence-corrected chi connectivity index (χ3v) is 4.27. The van der Waals surface area contributed by atoms with Crippen LogP contribution in [-0.2, 0) is 16.6 Å². The van der Waals surface area contributed by atoms with Gasteiger partial charge < -0.3 is 9.84 Å². The van der Waals surface area contributed by atoms with Gasteiger partial charge in [-0.05, 0) is 35.6 Å². The Hall–Kier alpha value is -3.02. The minimum Gasteiger partial charge on any atom is -0.344 e. The molecule has 0 spiro atoms. The van der Waals surface area contributed by atoms with Gasteiger partial charge in [0, 0.05) is 6.20 Å². The molecule has 140 valence electrons. The Balaban J connectivity index is 1.60. The van der Waals surface area contributed by atoms with Crippen LogP contribution in [0.2, 0.25) is 0 Å². The van der Waals surface area contributed by atoms with Gasteiger partial charge in [-0.2, -0.15) is 4.98 Å². The molecule has 1 N–H and O–H groups in total. The van der Waals surface area contributed by atoms with Crippen molar-refractivity contribution < 1.29 is 9.32 Å². The van der Waals surface area contributed by atoms with Crippen molar-refractivity contribution in [1.29, 1.82) is 0 Å². The number of benzene rings is 1. The van der Waals surface area contributed by atoms with Gasteiger partial charge in [-0.25, -0.2) is 0 Å². The largest absolute Gasteiger partial charge is 0.344 e. The first kappa shape index (κ1) is 18.8. The molecule has 0 saturated carbocycles. The van der Waals surface area contributed by atoms with Gasteiger partial charge in [-0.3, -0.25) is 9.78 Å². The van der Waals surface area contributed by atoms with E-state index in [1.807, 2.05) is 31.2 Å². The van der Waals surface area contributed by atoms with Crippen molar-refractivity contribution in [2.45, 2.75) is 45.6 Å². The molecule has 0 aliphatic rings. The standard InChI is InChI=1S/C21H24N4O2/c1-14(20-24-19(25-27-20)17-7-5-6-12-22-17)23-18(26)13-15-8-10-16(11-9-15)21(2,3)4/h5-12,14H,13H2,1-4H3,(H,23,26). The normalized spacial score (nSPS) is 12.6. The zero-order chi connectivity index (χ0) is 19.4. The van der Waals surface area contributed by atoms with Crippen LogP contribution in [0.25, 0.3) is 11.5 Å². The van der Waals surface area contributed by atoms with Crippen molar-refractivity contribution in [3.63, 3.8) is 0 Å². The summed E-state index contributed by atoms with van der Waals surface area (Å²) in [7, 11) is 0. The molecule has 1 aromatic carbocycles. The summed E-state index contributed by atoms with van der Waals surface area (Å²) < 4.78 is 5.27. The lowest BCUT2D eigenvalue weighted by atomic mass is 9.86. The SMILES string of the molecule is CC(NC(=O)Cc1ccc(C(C)(C)C)cc1)c1nc(-c2ccccn2)no1. The summed E-state index contributed by atoms with van der Waals surface area (Å²) in [4.78, 5) is 20.9. The number of carbonyl (C=O) groups is 1. The quantitative estimate of drug-likeness (QED) is 0.744. The maximum Gasteiger partial charge on any atom is 0.249 e. The van der Waals surface area contributed by atoms with Gasteiger partial charge in [-0.15, -0.1) is 0 Å². The fourth-order valence-corrected chi connectivity index (χ4v) is 2.67. The molecule has 2 heterocycles. The van der Waals surface area contributed by atoms with E-state index in [9.17, 15) is 4.79 Å². The minimum atomic E-state index is -0.378. The lowest BCUT2D eigenvalue weighted by Crippen LogP contribution is -2.28. The van der Waals surface area contributed by atoms with Crippen molar-refractivity contribution in [3.8, 4) is 11.5 Å². The topological polar surface area (TPSA) is 80.9 Å². The fourth-order valence-electron chi connectivity index (χ4n) is 2.67. The highest BCUT2D eigenvalue weighted by Gasteiger charge is 2.18. The molecule has 6 nitrogen and oxygen atoms in total. The first-order chi connectivity index (χ1) is 12.8. The molecule has 3 rings (SSSR count). The Morgan fingerprint density at radius 1 is 1.15 bits per heavy atom. The highest BCUT2D eigenvalue weighted by atomic mass is 16.5. The van der Waals surface area contributed by atoms with Gasteiger partial charge in [0.1, 0.15) is 11.7 Å². The molecule has 1 unspecified atom stereocenters. The van der Waals surface area contributed by atoms with Crippen molar-refractivity contribution in [2.75, 3.05) is 0 Å². The lowest BCUT2D eigenvalue weighted by molar-refractivity contribution is -0.121. The highest BCUT2D eigenvalue weighted by molar-refractivity contribution is 5.78. The Kier molecular flexibility index (Phi) is 5.35. The smallest absolute Gasteiger partial charge is 0.249 e. The lowest BCUT2D eigenvalue weighted by Gasteiger charge is -2.19. The fraction of sp³-hybridized carbons (Fsp3) is 0.333. The molecule has 3 aromatic rings. The Morgan fingerprint density at radius 3 is 2.52 bits per heavy atom. The molecule has 0 fully saturated rings. The number of nitrogens with one attached hydrogen (secondary N) is 1. The van der Waals surface area contributed by atoms with Crippen LogP contribution in [0.3, 0.4) is 0 Å². The molecule has 0 bridgehead atoms. The van der Waals surface area contributed by atoms with Crippen LogP contribution >= 0.6 is 0 Å². The van der Waals surface area contributed by atoms with E-state index in [1.54, 1.807) is 12.3 Å². The van der Waals surface area contributed by atoms with Gasteiger partial charge >= 0.3 is 0 Å². The van der Waals surface area contributed by atoms with E-state index >= 15 is 0 Å². The Bertz CT molecular complexity index is 896. The van der Waals surface area contributed by atoms with Crippen molar-refractivity contribution in [3.05, 3.63) is 65.7 Å². The molecular formula is C21H24N4O2. The zero-order valence-electron chi connectivity index (χ0n) is 16.1. The predicted octanol–water partition coefficient (Wildman–Crippen LogP) is 3.85. The number of hydrogen-bond donors (Lipinski definition) is 1. The maximum atomic E-state index is 12.3. The Morgan fingerprint density at radius 2 is 1.89 bits per heavy atom. The average Bonchev–Trinajstić information content (AvgIpc) is 3.12. The van der Waals surface area contributed by atoms with Crippen LogP contribution in [0.15, 0.2) is 53.2 Å². The number of pyridine rings is 1. The Labute approximate surface area is 159 Å². The summed E-state index contributed by atoms with van der Waals surface area (Å²) in [5.74, 6) is 0.667. The molecule has 27 heavy (non-hydrogen) atoms. The molecular weight excluding hydrogens is 340 g/mol. The number of nitrogens with zero attached hydrogens (tertiary/aromatic N) is 3. The second-order valence-electron chi connectivity index (χ2n) is 7.58. The summed E-state index contributed by atoms with van der Waals surface area (Å²) in [6.07, 6.45) is 1.97. The van der Waals surface area contributed by atoms with Gasteiger partial charge in [0.05, 0.1) is 6.42 Å². The summed E-state index contributed by atoms with van der Waals surface area (Å²) in [6, 6.07) is 13.2. The molecule has 1 atom stereocenters. The van der Waals surface area contributed by atoms with Gasteiger partial charge in [0.25, 0.3) is 0 Å². The van der Waals surface area contributed by atoms with E-state index in [-0.39, 0.29) is 17.4 Å². The summed E-state index contributed by atoms with van der Waals surface area (Å²) >= 11 is 0. The number of carbonyl (C=O) groups excluding carboxylic acids is 1.